The molecule has 0 heterocycles. The van der Waals surface area contributed by atoms with Gasteiger partial charge in [0, 0.05) is 13.6 Å². The highest BCUT2D eigenvalue weighted by Crippen LogP contribution is 2.09. The van der Waals surface area contributed by atoms with Crippen LogP contribution >= 0.6 is 0 Å². The molecule has 1 rings (SSSR count). The van der Waals surface area contributed by atoms with Crippen LogP contribution in [0.1, 0.15) is 38.3 Å². The van der Waals surface area contributed by atoms with Gasteiger partial charge in [0.15, 0.2) is 0 Å². The number of benzene rings is 1. The summed E-state index contributed by atoms with van der Waals surface area (Å²) in [5.41, 5.74) is 7.65. The van der Waals surface area contributed by atoms with Gasteiger partial charge in [-0.05, 0) is 37.8 Å². The van der Waals surface area contributed by atoms with Crippen LogP contribution in [-0.2, 0) is 17.6 Å². The number of aryl methyl sites for hydroxylation is 1. The Morgan fingerprint density at radius 2 is 1.63 bits per heavy atom. The Morgan fingerprint density at radius 1 is 1.16 bits per heavy atom. The molecule has 0 aliphatic carbocycles. The fourth-order valence-electron chi connectivity index (χ4n) is 2.05. The van der Waals surface area contributed by atoms with Gasteiger partial charge in [-0.25, -0.2) is 0 Å². The molecule has 19 heavy (non-hydrogen) atoms. The lowest BCUT2D eigenvalue weighted by atomic mass is 10.0. The second-order valence-corrected chi connectivity index (χ2v) is 5.76. The maximum atomic E-state index is 11.9. The lowest BCUT2D eigenvalue weighted by Gasteiger charge is -2.25. The fourth-order valence-corrected chi connectivity index (χ4v) is 2.05. The maximum Gasteiger partial charge on any atom is 0.241 e. The Bertz CT molecular complexity index is 404. The number of nitrogens with zero attached hydrogens (tertiary/aromatic N) is 1. The Hall–Kier alpha value is -1.35. The molecule has 3 nitrogen and oxygen atoms in total. The zero-order valence-corrected chi connectivity index (χ0v) is 12.6. The zero-order chi connectivity index (χ0) is 14.5. The molecule has 0 saturated heterocycles. The number of likely N-dealkylation sites (N-methyl/N-ethyl adjacent to an activating group) is 1. The first-order valence-electron chi connectivity index (χ1n) is 6.97. The molecule has 106 valence electrons. The minimum absolute atomic E-state index is 0.0184. The van der Waals surface area contributed by atoms with Crippen molar-refractivity contribution in [2.75, 3.05) is 13.6 Å². The van der Waals surface area contributed by atoms with Crippen molar-refractivity contribution in [3.05, 3.63) is 35.4 Å². The number of carbonyl (C=O) groups excluding carboxylic acids is 1. The average Bonchev–Trinajstić information content (AvgIpc) is 2.36. The van der Waals surface area contributed by atoms with Gasteiger partial charge in [-0.1, -0.05) is 37.6 Å². The summed E-state index contributed by atoms with van der Waals surface area (Å²) in [5.74, 6) is -0.0184. The Labute approximate surface area is 116 Å². The van der Waals surface area contributed by atoms with Gasteiger partial charge >= 0.3 is 0 Å². The first-order chi connectivity index (χ1) is 8.84. The molecule has 0 radical (unpaired) electrons. The lowest BCUT2D eigenvalue weighted by Crippen LogP contribution is -2.50. The maximum absolute atomic E-state index is 11.9. The Kier molecular flexibility index (Phi) is 5.55. The largest absolute Gasteiger partial charge is 0.344 e. The number of carbonyl (C=O) groups is 1. The number of amides is 1. The second kappa shape index (κ2) is 6.71. The number of rotatable bonds is 6. The molecule has 2 N–H and O–H groups in total. The molecule has 0 atom stereocenters. The number of hydrogen-bond donors (Lipinski definition) is 1. The minimum Gasteiger partial charge on any atom is -0.344 e. The van der Waals surface area contributed by atoms with Crippen molar-refractivity contribution in [1.29, 1.82) is 0 Å². The van der Waals surface area contributed by atoms with Crippen molar-refractivity contribution >= 4 is 5.91 Å². The van der Waals surface area contributed by atoms with Gasteiger partial charge in [0.05, 0.1) is 5.54 Å². The van der Waals surface area contributed by atoms with E-state index in [-0.39, 0.29) is 5.91 Å². The Balaban J connectivity index is 2.50. The van der Waals surface area contributed by atoms with Gasteiger partial charge < -0.3 is 10.6 Å². The summed E-state index contributed by atoms with van der Waals surface area (Å²) in [6.07, 6.45) is 3.16. The van der Waals surface area contributed by atoms with E-state index in [9.17, 15) is 4.79 Å². The monoisotopic (exact) mass is 262 g/mol. The van der Waals surface area contributed by atoms with E-state index in [1.54, 1.807) is 18.7 Å². The average molecular weight is 262 g/mol. The molecule has 1 amide bonds. The molecule has 0 aliphatic heterocycles. The summed E-state index contributed by atoms with van der Waals surface area (Å²) in [7, 11) is 1.81. The van der Waals surface area contributed by atoms with Crippen LogP contribution in [0, 0.1) is 0 Å². The van der Waals surface area contributed by atoms with Crippen molar-refractivity contribution in [2.24, 2.45) is 5.73 Å². The second-order valence-electron chi connectivity index (χ2n) is 5.76. The topological polar surface area (TPSA) is 46.3 Å². The van der Waals surface area contributed by atoms with E-state index in [0.29, 0.717) is 6.54 Å². The zero-order valence-electron chi connectivity index (χ0n) is 12.6. The van der Waals surface area contributed by atoms with E-state index >= 15 is 0 Å². The standard InChI is InChI=1S/C16H26N2O/c1-5-6-13-7-9-14(10-8-13)11-12-18(4)15(19)16(2,3)17/h7-10H,5-6,11-12,17H2,1-4H3. The highest BCUT2D eigenvalue weighted by Gasteiger charge is 2.25. The highest BCUT2D eigenvalue weighted by molar-refractivity contribution is 5.84. The highest BCUT2D eigenvalue weighted by atomic mass is 16.2. The normalized spacial score (nSPS) is 11.4. The van der Waals surface area contributed by atoms with Gasteiger partial charge in [-0.15, -0.1) is 0 Å². The number of nitrogens with two attached hydrogens (primary N) is 1. The molecule has 0 bridgehead atoms. The predicted molar refractivity (Wildman–Crippen MR) is 80.0 cm³/mol. The molecular weight excluding hydrogens is 236 g/mol. The molecule has 0 unspecified atom stereocenters. The molecular formula is C16H26N2O. The third-order valence-electron chi connectivity index (χ3n) is 3.20. The van der Waals surface area contributed by atoms with Crippen LogP contribution in [0.25, 0.3) is 0 Å². The summed E-state index contributed by atoms with van der Waals surface area (Å²) in [6, 6.07) is 8.65. The van der Waals surface area contributed by atoms with Crippen molar-refractivity contribution < 1.29 is 4.79 Å². The van der Waals surface area contributed by atoms with E-state index in [4.69, 9.17) is 5.73 Å². The fraction of sp³-hybridized carbons (Fsp3) is 0.562. The molecule has 0 aliphatic rings. The molecule has 0 aromatic heterocycles. The van der Waals surface area contributed by atoms with Crippen molar-refractivity contribution in [1.82, 2.24) is 4.90 Å². The van der Waals surface area contributed by atoms with Gasteiger partial charge in [-0.3, -0.25) is 4.79 Å². The van der Waals surface area contributed by atoms with Crippen LogP contribution in [0.3, 0.4) is 0 Å². The number of hydrogen-bond acceptors (Lipinski definition) is 2. The van der Waals surface area contributed by atoms with Gasteiger partial charge in [-0.2, -0.15) is 0 Å². The van der Waals surface area contributed by atoms with Crippen LogP contribution in [0.15, 0.2) is 24.3 Å². The quantitative estimate of drug-likeness (QED) is 0.855. The molecule has 0 fully saturated rings. The first kappa shape index (κ1) is 15.7. The molecule has 1 aromatic rings. The van der Waals surface area contributed by atoms with Crippen molar-refractivity contribution in [2.45, 2.75) is 45.6 Å². The lowest BCUT2D eigenvalue weighted by molar-refractivity contribution is -0.134. The summed E-state index contributed by atoms with van der Waals surface area (Å²) < 4.78 is 0. The van der Waals surface area contributed by atoms with Crippen LogP contribution in [-0.4, -0.2) is 29.9 Å². The van der Waals surface area contributed by atoms with Crippen LogP contribution in [0.4, 0.5) is 0 Å². The van der Waals surface area contributed by atoms with Gasteiger partial charge in [0.2, 0.25) is 5.91 Å². The molecule has 0 spiro atoms. The van der Waals surface area contributed by atoms with Crippen molar-refractivity contribution in [3.8, 4) is 0 Å². The van der Waals surface area contributed by atoms with E-state index in [1.165, 1.54) is 17.5 Å². The van der Waals surface area contributed by atoms with Gasteiger partial charge in [0.25, 0.3) is 0 Å². The van der Waals surface area contributed by atoms with E-state index in [0.717, 1.165) is 12.8 Å². The molecule has 3 heteroatoms. The van der Waals surface area contributed by atoms with E-state index in [1.807, 2.05) is 7.05 Å². The molecule has 0 saturated carbocycles. The third kappa shape index (κ3) is 5.03. The van der Waals surface area contributed by atoms with E-state index < -0.39 is 5.54 Å². The van der Waals surface area contributed by atoms with Crippen LogP contribution < -0.4 is 5.73 Å². The summed E-state index contributed by atoms with van der Waals surface area (Å²) >= 11 is 0. The minimum atomic E-state index is -0.792. The van der Waals surface area contributed by atoms with Crippen LogP contribution in [0.5, 0.6) is 0 Å². The smallest absolute Gasteiger partial charge is 0.241 e. The van der Waals surface area contributed by atoms with Gasteiger partial charge in [0.1, 0.15) is 0 Å². The van der Waals surface area contributed by atoms with E-state index in [2.05, 4.69) is 31.2 Å². The SMILES string of the molecule is CCCc1ccc(CCN(C)C(=O)C(C)(C)N)cc1. The van der Waals surface area contributed by atoms with Crippen LogP contribution in [0.2, 0.25) is 0 Å². The van der Waals surface area contributed by atoms with Crippen molar-refractivity contribution in [3.63, 3.8) is 0 Å². The predicted octanol–water partition coefficient (Wildman–Crippen LogP) is 2.38. The molecule has 1 aromatic carbocycles. The summed E-state index contributed by atoms with van der Waals surface area (Å²) in [5, 5.41) is 0. The summed E-state index contributed by atoms with van der Waals surface area (Å²) in [4.78, 5) is 13.6. The first-order valence-corrected chi connectivity index (χ1v) is 6.97. The third-order valence-corrected chi connectivity index (χ3v) is 3.20. The Morgan fingerprint density at radius 3 is 2.05 bits per heavy atom. The summed E-state index contributed by atoms with van der Waals surface area (Å²) in [6.45, 7) is 6.37.